The summed E-state index contributed by atoms with van der Waals surface area (Å²) in [5.41, 5.74) is 2.25. The smallest absolute Gasteiger partial charge is 0.0991 e. The molecule has 2 aromatic carbocycles. The lowest BCUT2D eigenvalue weighted by Gasteiger charge is -2.12. The summed E-state index contributed by atoms with van der Waals surface area (Å²) in [5, 5.41) is 19.5. The molecule has 0 spiro atoms. The SMILES string of the molecule is N#Cc1ccc(C(O)Cc2ccc(Br)cc2Cl)cc1. The summed E-state index contributed by atoms with van der Waals surface area (Å²) >= 11 is 9.47. The zero-order valence-electron chi connectivity index (χ0n) is 9.98. The summed E-state index contributed by atoms with van der Waals surface area (Å²) in [7, 11) is 0. The summed E-state index contributed by atoms with van der Waals surface area (Å²) in [6.45, 7) is 0. The van der Waals surface area contributed by atoms with Crippen LogP contribution in [0.25, 0.3) is 0 Å². The Kier molecular flexibility index (Phi) is 4.60. The minimum absolute atomic E-state index is 0.442. The van der Waals surface area contributed by atoms with Gasteiger partial charge in [0, 0.05) is 15.9 Å². The van der Waals surface area contributed by atoms with E-state index in [1.165, 1.54) is 0 Å². The molecule has 0 fully saturated rings. The van der Waals surface area contributed by atoms with Gasteiger partial charge in [0.15, 0.2) is 0 Å². The number of benzene rings is 2. The van der Waals surface area contributed by atoms with E-state index in [1.807, 2.05) is 18.2 Å². The van der Waals surface area contributed by atoms with Crippen molar-refractivity contribution in [2.24, 2.45) is 0 Å². The molecule has 2 rings (SSSR count). The van der Waals surface area contributed by atoms with E-state index in [-0.39, 0.29) is 0 Å². The molecule has 0 heterocycles. The van der Waals surface area contributed by atoms with E-state index in [4.69, 9.17) is 16.9 Å². The van der Waals surface area contributed by atoms with Crippen molar-refractivity contribution < 1.29 is 5.11 Å². The summed E-state index contributed by atoms with van der Waals surface area (Å²) in [5.74, 6) is 0. The van der Waals surface area contributed by atoms with Crippen molar-refractivity contribution in [1.82, 2.24) is 0 Å². The maximum Gasteiger partial charge on any atom is 0.0991 e. The molecule has 0 aliphatic heterocycles. The molecule has 1 unspecified atom stereocenters. The van der Waals surface area contributed by atoms with Gasteiger partial charge >= 0.3 is 0 Å². The molecule has 0 amide bonds. The minimum Gasteiger partial charge on any atom is -0.388 e. The van der Waals surface area contributed by atoms with Crippen molar-refractivity contribution in [1.29, 1.82) is 5.26 Å². The molecule has 0 bridgehead atoms. The van der Waals surface area contributed by atoms with Crippen LogP contribution in [0, 0.1) is 11.3 Å². The number of hydrogen-bond acceptors (Lipinski definition) is 2. The Morgan fingerprint density at radius 1 is 1.21 bits per heavy atom. The monoisotopic (exact) mass is 335 g/mol. The van der Waals surface area contributed by atoms with E-state index in [0.29, 0.717) is 17.0 Å². The Balaban J connectivity index is 2.16. The lowest BCUT2D eigenvalue weighted by atomic mass is 10.0. The van der Waals surface area contributed by atoms with Crippen LogP contribution in [0.4, 0.5) is 0 Å². The van der Waals surface area contributed by atoms with E-state index in [2.05, 4.69) is 22.0 Å². The van der Waals surface area contributed by atoms with Gasteiger partial charge in [-0.3, -0.25) is 0 Å². The van der Waals surface area contributed by atoms with Gasteiger partial charge < -0.3 is 5.11 Å². The molecule has 1 atom stereocenters. The first-order valence-electron chi connectivity index (χ1n) is 5.72. The fraction of sp³-hybridized carbons (Fsp3) is 0.133. The average Bonchev–Trinajstić information content (AvgIpc) is 2.42. The van der Waals surface area contributed by atoms with Gasteiger partial charge in [0.1, 0.15) is 0 Å². The van der Waals surface area contributed by atoms with Gasteiger partial charge in [0.2, 0.25) is 0 Å². The molecule has 0 radical (unpaired) electrons. The van der Waals surface area contributed by atoms with Crippen LogP contribution >= 0.6 is 27.5 Å². The second-order valence-corrected chi connectivity index (χ2v) is 5.51. The normalized spacial score (nSPS) is 11.9. The third kappa shape index (κ3) is 3.57. The Bertz CT molecular complexity index is 619. The quantitative estimate of drug-likeness (QED) is 0.910. The maximum absolute atomic E-state index is 10.2. The van der Waals surface area contributed by atoms with Gasteiger partial charge in [-0.15, -0.1) is 0 Å². The number of aliphatic hydroxyl groups excluding tert-OH is 1. The molecular weight excluding hydrogens is 326 g/mol. The summed E-state index contributed by atoms with van der Waals surface area (Å²) in [6.07, 6.45) is -0.190. The second kappa shape index (κ2) is 6.21. The summed E-state index contributed by atoms with van der Waals surface area (Å²) in [4.78, 5) is 0. The van der Waals surface area contributed by atoms with Gasteiger partial charge in [-0.1, -0.05) is 45.7 Å². The van der Waals surface area contributed by atoms with E-state index in [9.17, 15) is 5.11 Å². The fourth-order valence-corrected chi connectivity index (χ4v) is 2.54. The number of nitriles is 1. The van der Waals surface area contributed by atoms with Gasteiger partial charge in [-0.05, 0) is 35.4 Å². The first-order chi connectivity index (χ1) is 9.10. The van der Waals surface area contributed by atoms with Crippen LogP contribution < -0.4 is 0 Å². The number of rotatable bonds is 3. The van der Waals surface area contributed by atoms with Crippen LogP contribution in [-0.4, -0.2) is 5.11 Å². The number of aliphatic hydroxyl groups is 1. The van der Waals surface area contributed by atoms with Crippen molar-refractivity contribution in [3.8, 4) is 6.07 Å². The number of halogens is 2. The lowest BCUT2D eigenvalue weighted by molar-refractivity contribution is 0.178. The van der Waals surface area contributed by atoms with Crippen molar-refractivity contribution >= 4 is 27.5 Å². The number of nitrogens with zero attached hydrogens (tertiary/aromatic N) is 1. The molecular formula is C15H11BrClNO. The van der Waals surface area contributed by atoms with Gasteiger partial charge in [0.25, 0.3) is 0 Å². The number of hydrogen-bond donors (Lipinski definition) is 1. The van der Waals surface area contributed by atoms with Crippen molar-refractivity contribution in [2.75, 3.05) is 0 Å². The highest BCUT2D eigenvalue weighted by Crippen LogP contribution is 2.26. The van der Waals surface area contributed by atoms with Crippen molar-refractivity contribution in [3.05, 3.63) is 68.7 Å². The highest BCUT2D eigenvalue weighted by Gasteiger charge is 2.11. The lowest BCUT2D eigenvalue weighted by Crippen LogP contribution is -2.02. The molecule has 0 saturated carbocycles. The molecule has 96 valence electrons. The molecule has 4 heteroatoms. The zero-order chi connectivity index (χ0) is 13.8. The molecule has 19 heavy (non-hydrogen) atoms. The molecule has 2 nitrogen and oxygen atoms in total. The molecule has 0 aliphatic carbocycles. The Hall–Kier alpha value is -1.34. The molecule has 0 aliphatic rings. The predicted octanol–water partition coefficient (Wildman–Crippen LogP) is 4.25. The highest BCUT2D eigenvalue weighted by molar-refractivity contribution is 9.10. The van der Waals surface area contributed by atoms with Crippen molar-refractivity contribution in [3.63, 3.8) is 0 Å². The van der Waals surface area contributed by atoms with E-state index < -0.39 is 6.10 Å². The summed E-state index contributed by atoms with van der Waals surface area (Å²) < 4.78 is 0.911. The molecule has 0 saturated heterocycles. The molecule has 2 aromatic rings. The van der Waals surface area contributed by atoms with E-state index >= 15 is 0 Å². The van der Waals surface area contributed by atoms with Crippen LogP contribution in [0.2, 0.25) is 5.02 Å². The standard InChI is InChI=1S/C15H11BrClNO/c16-13-6-5-12(14(17)8-13)7-15(19)11-3-1-10(9-18)2-4-11/h1-6,8,15,19H,7H2. The van der Waals surface area contributed by atoms with Crippen LogP contribution in [-0.2, 0) is 6.42 Å². The second-order valence-electron chi connectivity index (χ2n) is 4.19. The van der Waals surface area contributed by atoms with Crippen molar-refractivity contribution in [2.45, 2.75) is 12.5 Å². The largest absolute Gasteiger partial charge is 0.388 e. The Labute approximate surface area is 125 Å². The van der Waals surface area contributed by atoms with Gasteiger partial charge in [-0.25, -0.2) is 0 Å². The fourth-order valence-electron chi connectivity index (χ4n) is 1.79. The summed E-state index contributed by atoms with van der Waals surface area (Å²) in [6, 6.07) is 14.6. The zero-order valence-corrected chi connectivity index (χ0v) is 12.3. The maximum atomic E-state index is 10.2. The third-order valence-corrected chi connectivity index (χ3v) is 3.70. The first-order valence-corrected chi connectivity index (χ1v) is 6.89. The third-order valence-electron chi connectivity index (χ3n) is 2.85. The van der Waals surface area contributed by atoms with Crippen LogP contribution in [0.1, 0.15) is 22.8 Å². The van der Waals surface area contributed by atoms with Crippen LogP contribution in [0.15, 0.2) is 46.9 Å². The predicted molar refractivity (Wildman–Crippen MR) is 79.0 cm³/mol. The topological polar surface area (TPSA) is 44.0 Å². The van der Waals surface area contributed by atoms with Gasteiger partial charge in [0.05, 0.1) is 17.7 Å². The van der Waals surface area contributed by atoms with E-state index in [1.54, 1.807) is 24.3 Å². The molecule has 1 N–H and O–H groups in total. The van der Waals surface area contributed by atoms with Gasteiger partial charge in [-0.2, -0.15) is 5.26 Å². The van der Waals surface area contributed by atoms with E-state index in [0.717, 1.165) is 15.6 Å². The van der Waals surface area contributed by atoms with Crippen LogP contribution in [0.3, 0.4) is 0 Å². The highest BCUT2D eigenvalue weighted by atomic mass is 79.9. The molecule has 0 aromatic heterocycles. The average molecular weight is 337 g/mol. The first kappa shape index (κ1) is 14.1. The van der Waals surface area contributed by atoms with Crippen LogP contribution in [0.5, 0.6) is 0 Å². The Morgan fingerprint density at radius 2 is 1.89 bits per heavy atom. The minimum atomic E-state index is -0.633. The Morgan fingerprint density at radius 3 is 2.47 bits per heavy atom.